The highest BCUT2D eigenvalue weighted by Crippen LogP contribution is 2.39. The number of hydrogen-bond donors (Lipinski definition) is 0. The van der Waals surface area contributed by atoms with Crippen LogP contribution in [0, 0.1) is 0 Å². The van der Waals surface area contributed by atoms with Crippen LogP contribution in [0.4, 0.5) is 0 Å². The number of nitrogens with zero attached hydrogens (tertiary/aromatic N) is 3. The normalized spacial score (nSPS) is 22.1. The van der Waals surface area contributed by atoms with Crippen LogP contribution in [0.1, 0.15) is 75.3 Å². The number of amides is 1. The van der Waals surface area contributed by atoms with E-state index in [9.17, 15) is 4.79 Å². The molecule has 3 aliphatic rings. The zero-order valence-electron chi connectivity index (χ0n) is 21.2. The summed E-state index contributed by atoms with van der Waals surface area (Å²) in [5.74, 6) is 0.134. The smallest absolute Gasteiger partial charge is 0.267 e. The van der Waals surface area contributed by atoms with E-state index < -0.39 is 0 Å². The first-order valence-electron chi connectivity index (χ1n) is 13.8. The molecule has 3 aromatic rings. The van der Waals surface area contributed by atoms with Crippen molar-refractivity contribution in [3.63, 3.8) is 0 Å². The van der Waals surface area contributed by atoms with Gasteiger partial charge >= 0.3 is 0 Å². The molecule has 2 heterocycles. The maximum Gasteiger partial charge on any atom is 0.267 e. The number of aliphatic imine (C=N–C) groups is 1. The van der Waals surface area contributed by atoms with E-state index in [4.69, 9.17) is 16.6 Å². The van der Waals surface area contributed by atoms with Crippen molar-refractivity contribution >= 4 is 51.4 Å². The van der Waals surface area contributed by atoms with E-state index in [-0.39, 0.29) is 11.9 Å². The standard InChI is InChI=1S/C31H34ClN3OS/c32-27-17-9-7-11-22(27)20-34-21-23(26-16-8-10-18-28(26)34)19-29-30(36)35(25-14-5-2-6-15-25)31(37-29)33-24-12-3-1-4-13-24/h7-11,16-19,21,24-25H,1-6,12-15,20H2. The molecule has 192 valence electrons. The fraction of sp³-hybridized carbons (Fsp3) is 0.419. The second-order valence-electron chi connectivity index (χ2n) is 10.6. The Labute approximate surface area is 228 Å². The summed E-state index contributed by atoms with van der Waals surface area (Å²) in [5, 5.41) is 2.86. The molecule has 6 rings (SSSR count). The largest absolute Gasteiger partial charge is 0.342 e. The fourth-order valence-corrected chi connectivity index (χ4v) is 7.37. The number of carbonyl (C=O) groups is 1. The number of amidine groups is 1. The second kappa shape index (κ2) is 11.1. The molecule has 1 saturated heterocycles. The van der Waals surface area contributed by atoms with E-state index in [0.29, 0.717) is 12.6 Å². The Balaban J connectivity index is 1.36. The molecule has 6 heteroatoms. The average molecular weight is 532 g/mol. The van der Waals surface area contributed by atoms with Gasteiger partial charge in [-0.05, 0) is 61.2 Å². The number of para-hydroxylation sites is 1. The van der Waals surface area contributed by atoms with E-state index in [1.165, 1.54) is 38.5 Å². The van der Waals surface area contributed by atoms with Gasteiger partial charge in [-0.2, -0.15) is 0 Å². The van der Waals surface area contributed by atoms with Crippen LogP contribution in [-0.4, -0.2) is 32.6 Å². The maximum absolute atomic E-state index is 13.9. The topological polar surface area (TPSA) is 37.6 Å². The molecular formula is C31H34ClN3OS. The van der Waals surface area contributed by atoms with Crippen LogP contribution >= 0.6 is 23.4 Å². The highest BCUT2D eigenvalue weighted by molar-refractivity contribution is 8.18. The van der Waals surface area contributed by atoms with Gasteiger partial charge in [0.25, 0.3) is 5.91 Å². The minimum Gasteiger partial charge on any atom is -0.342 e. The Kier molecular flexibility index (Phi) is 7.43. The molecule has 37 heavy (non-hydrogen) atoms. The van der Waals surface area contributed by atoms with Crippen molar-refractivity contribution in [3.05, 3.63) is 75.8 Å². The second-order valence-corrected chi connectivity index (χ2v) is 12.0. The third-order valence-electron chi connectivity index (χ3n) is 8.05. The van der Waals surface area contributed by atoms with E-state index in [0.717, 1.165) is 62.8 Å². The van der Waals surface area contributed by atoms with Crippen molar-refractivity contribution in [2.45, 2.75) is 82.8 Å². The summed E-state index contributed by atoms with van der Waals surface area (Å²) in [4.78, 5) is 21.9. The third kappa shape index (κ3) is 5.26. The third-order valence-corrected chi connectivity index (χ3v) is 9.41. The van der Waals surface area contributed by atoms with Gasteiger partial charge in [-0.15, -0.1) is 0 Å². The first-order chi connectivity index (χ1) is 18.2. The summed E-state index contributed by atoms with van der Waals surface area (Å²) < 4.78 is 2.24. The van der Waals surface area contributed by atoms with E-state index in [1.807, 2.05) is 18.2 Å². The number of halogens is 1. The number of hydrogen-bond acceptors (Lipinski definition) is 3. The molecule has 2 saturated carbocycles. The summed E-state index contributed by atoms with van der Waals surface area (Å²) in [6.45, 7) is 0.688. The summed E-state index contributed by atoms with van der Waals surface area (Å²) in [5.41, 5.74) is 3.30. The van der Waals surface area contributed by atoms with Crippen molar-refractivity contribution in [3.8, 4) is 0 Å². The molecule has 1 aromatic heterocycles. The lowest BCUT2D eigenvalue weighted by molar-refractivity contribution is -0.124. The number of benzene rings is 2. The molecule has 0 spiro atoms. The molecule has 1 amide bonds. The molecule has 2 aromatic carbocycles. The van der Waals surface area contributed by atoms with Crippen molar-refractivity contribution in [1.82, 2.24) is 9.47 Å². The average Bonchev–Trinajstić information content (AvgIpc) is 3.43. The zero-order chi connectivity index (χ0) is 25.2. The number of fused-ring (bicyclic) bond motifs is 1. The summed E-state index contributed by atoms with van der Waals surface area (Å²) in [6.07, 6.45) is 16.2. The molecule has 1 aliphatic heterocycles. The van der Waals surface area contributed by atoms with Crippen molar-refractivity contribution in [2.75, 3.05) is 0 Å². The maximum atomic E-state index is 13.9. The Morgan fingerprint density at radius 1 is 0.919 bits per heavy atom. The van der Waals surface area contributed by atoms with Gasteiger partial charge in [0, 0.05) is 40.3 Å². The number of aromatic nitrogens is 1. The molecule has 0 unspecified atom stereocenters. The minimum absolute atomic E-state index is 0.134. The predicted molar refractivity (Wildman–Crippen MR) is 156 cm³/mol. The SMILES string of the molecule is O=C1C(=Cc2cn(Cc3ccccc3Cl)c3ccccc23)SC(=NC2CCCCC2)N1C1CCCCC1. The van der Waals surface area contributed by atoms with Gasteiger partial charge in [-0.1, -0.05) is 86.5 Å². The molecule has 3 fully saturated rings. The monoisotopic (exact) mass is 531 g/mol. The van der Waals surface area contributed by atoms with Gasteiger partial charge in [0.2, 0.25) is 0 Å². The Hall–Kier alpha value is -2.50. The van der Waals surface area contributed by atoms with Crippen LogP contribution < -0.4 is 0 Å². The van der Waals surface area contributed by atoms with Crippen LogP contribution in [-0.2, 0) is 11.3 Å². The first kappa shape index (κ1) is 24.8. The molecule has 2 aliphatic carbocycles. The summed E-state index contributed by atoms with van der Waals surface area (Å²) in [6, 6.07) is 17.0. The van der Waals surface area contributed by atoms with E-state index >= 15 is 0 Å². The van der Waals surface area contributed by atoms with Crippen LogP contribution in [0.25, 0.3) is 17.0 Å². The van der Waals surface area contributed by atoms with Gasteiger partial charge in [-0.25, -0.2) is 0 Å². The van der Waals surface area contributed by atoms with Crippen molar-refractivity contribution < 1.29 is 4.79 Å². The van der Waals surface area contributed by atoms with Gasteiger partial charge in [0.15, 0.2) is 5.17 Å². The molecule has 0 atom stereocenters. The van der Waals surface area contributed by atoms with Crippen molar-refractivity contribution in [1.29, 1.82) is 0 Å². The van der Waals surface area contributed by atoms with Gasteiger partial charge in [0.1, 0.15) is 0 Å². The van der Waals surface area contributed by atoms with E-state index in [1.54, 1.807) is 11.8 Å². The quantitative estimate of drug-likeness (QED) is 0.310. The Bertz CT molecular complexity index is 1350. The molecule has 4 nitrogen and oxygen atoms in total. The zero-order valence-corrected chi connectivity index (χ0v) is 22.8. The van der Waals surface area contributed by atoms with Crippen LogP contribution in [0.2, 0.25) is 5.02 Å². The Morgan fingerprint density at radius 2 is 1.62 bits per heavy atom. The molecular weight excluding hydrogens is 498 g/mol. The fourth-order valence-electron chi connectivity index (χ4n) is 6.08. The lowest BCUT2D eigenvalue weighted by Crippen LogP contribution is -2.41. The van der Waals surface area contributed by atoms with Gasteiger partial charge in [0.05, 0.1) is 10.9 Å². The van der Waals surface area contributed by atoms with Crippen LogP contribution in [0.15, 0.2) is 64.6 Å². The number of thioether (sulfide) groups is 1. The lowest BCUT2D eigenvalue weighted by atomic mass is 9.94. The van der Waals surface area contributed by atoms with Gasteiger partial charge < -0.3 is 4.57 Å². The highest BCUT2D eigenvalue weighted by atomic mass is 35.5. The van der Waals surface area contributed by atoms with E-state index in [2.05, 4.69) is 52.1 Å². The van der Waals surface area contributed by atoms with Crippen LogP contribution in [0.3, 0.4) is 0 Å². The molecule has 0 bridgehead atoms. The number of carbonyl (C=O) groups excluding carboxylic acids is 1. The predicted octanol–water partition coefficient (Wildman–Crippen LogP) is 8.28. The molecule has 0 N–H and O–H groups in total. The van der Waals surface area contributed by atoms with Gasteiger partial charge in [-0.3, -0.25) is 14.7 Å². The van der Waals surface area contributed by atoms with Crippen molar-refractivity contribution in [2.24, 2.45) is 4.99 Å². The first-order valence-corrected chi connectivity index (χ1v) is 15.0. The summed E-state index contributed by atoms with van der Waals surface area (Å²) in [7, 11) is 0. The van der Waals surface area contributed by atoms with Crippen LogP contribution in [0.5, 0.6) is 0 Å². The molecule has 0 radical (unpaired) electrons. The lowest BCUT2D eigenvalue weighted by Gasteiger charge is -2.31. The Morgan fingerprint density at radius 3 is 2.41 bits per heavy atom. The summed E-state index contributed by atoms with van der Waals surface area (Å²) >= 11 is 8.07. The minimum atomic E-state index is 0.134. The number of rotatable bonds is 5. The highest BCUT2D eigenvalue weighted by Gasteiger charge is 2.39.